The van der Waals surface area contributed by atoms with Crippen molar-refractivity contribution in [1.82, 2.24) is 0 Å². The molecule has 1 atom stereocenters. The summed E-state index contributed by atoms with van der Waals surface area (Å²) in [5.74, 6) is 2.45. The van der Waals surface area contributed by atoms with Crippen molar-refractivity contribution in [3.63, 3.8) is 0 Å². The van der Waals surface area contributed by atoms with Crippen molar-refractivity contribution in [2.24, 2.45) is 16.8 Å². The first-order valence-corrected chi connectivity index (χ1v) is 4.67. The van der Waals surface area contributed by atoms with Gasteiger partial charge in [0, 0.05) is 18.6 Å². The van der Waals surface area contributed by atoms with Gasteiger partial charge < -0.3 is 4.74 Å². The third kappa shape index (κ3) is 1.15. The molecule has 2 rings (SSSR count). The van der Waals surface area contributed by atoms with Gasteiger partial charge in [-0.25, -0.2) is 0 Å². The lowest BCUT2D eigenvalue weighted by Crippen LogP contribution is -2.19. The van der Waals surface area contributed by atoms with E-state index in [1.807, 2.05) is 6.21 Å². The molecule has 0 saturated carbocycles. The molecule has 0 spiro atoms. The predicted molar refractivity (Wildman–Crippen MR) is 49.0 cm³/mol. The molecule has 2 nitrogen and oxygen atoms in total. The molecule has 0 radical (unpaired) electrons. The van der Waals surface area contributed by atoms with Crippen molar-refractivity contribution < 1.29 is 4.74 Å². The molecule has 2 aliphatic rings. The second kappa shape index (κ2) is 2.92. The number of hydrogen-bond donors (Lipinski definition) is 0. The number of allylic oxidation sites excluding steroid dienone is 2. The van der Waals surface area contributed by atoms with Crippen LogP contribution in [0.2, 0.25) is 0 Å². The molecule has 0 aromatic rings. The van der Waals surface area contributed by atoms with E-state index in [0.29, 0.717) is 11.8 Å². The minimum absolute atomic E-state index is 0.632. The highest BCUT2D eigenvalue weighted by Crippen LogP contribution is 2.35. The lowest BCUT2D eigenvalue weighted by molar-refractivity contribution is 0.151. The van der Waals surface area contributed by atoms with E-state index in [0.717, 1.165) is 25.2 Å². The number of nitrogens with zero attached hydrogens (tertiary/aromatic N) is 1. The van der Waals surface area contributed by atoms with Gasteiger partial charge in [-0.05, 0) is 12.3 Å². The zero-order valence-electron chi connectivity index (χ0n) is 7.71. The average Bonchev–Trinajstić information content (AvgIpc) is 2.49. The first-order chi connectivity index (χ1) is 5.79. The molecule has 0 unspecified atom stereocenters. The van der Waals surface area contributed by atoms with Gasteiger partial charge >= 0.3 is 0 Å². The zero-order chi connectivity index (χ0) is 8.55. The van der Waals surface area contributed by atoms with Crippen LogP contribution in [0.25, 0.3) is 0 Å². The number of hydrogen-bond acceptors (Lipinski definition) is 2. The molecule has 2 heteroatoms. The van der Waals surface area contributed by atoms with Crippen molar-refractivity contribution in [3.05, 3.63) is 11.5 Å². The van der Waals surface area contributed by atoms with Gasteiger partial charge in [-0.3, -0.25) is 4.99 Å². The highest BCUT2D eigenvalue weighted by molar-refractivity contribution is 5.66. The molecule has 2 heterocycles. The first kappa shape index (κ1) is 7.84. The van der Waals surface area contributed by atoms with Crippen LogP contribution in [0.3, 0.4) is 0 Å². The molecule has 0 fully saturated rings. The Morgan fingerprint density at radius 3 is 3.17 bits per heavy atom. The van der Waals surface area contributed by atoms with Gasteiger partial charge in [0.15, 0.2) is 0 Å². The van der Waals surface area contributed by atoms with E-state index in [-0.39, 0.29) is 0 Å². The van der Waals surface area contributed by atoms with Crippen LogP contribution in [0.15, 0.2) is 16.4 Å². The van der Waals surface area contributed by atoms with Crippen LogP contribution < -0.4 is 0 Å². The molecule has 0 aromatic carbocycles. The van der Waals surface area contributed by atoms with Crippen LogP contribution in [0.4, 0.5) is 0 Å². The Bertz CT molecular complexity index is 240. The van der Waals surface area contributed by atoms with E-state index >= 15 is 0 Å². The van der Waals surface area contributed by atoms with Crippen LogP contribution in [-0.4, -0.2) is 12.8 Å². The average molecular weight is 165 g/mol. The number of rotatable bonds is 1. The van der Waals surface area contributed by atoms with Gasteiger partial charge in [0.2, 0.25) is 0 Å². The van der Waals surface area contributed by atoms with Crippen LogP contribution in [0, 0.1) is 11.8 Å². The van der Waals surface area contributed by atoms with Crippen molar-refractivity contribution in [1.29, 1.82) is 0 Å². The van der Waals surface area contributed by atoms with E-state index in [4.69, 9.17) is 4.74 Å². The standard InChI is InChI=1S/C10H15NO/c1-7(2)8-4-6-12-9-3-5-11-10(8)9/h5,7-8H,3-4,6H2,1-2H3/t8-/m1/s1. The second-order valence-electron chi connectivity index (χ2n) is 3.81. The SMILES string of the molecule is CC(C)[C@H]1CCOC2=C1N=CC2. The van der Waals surface area contributed by atoms with Gasteiger partial charge in [0.25, 0.3) is 0 Å². The molecule has 0 aromatic heterocycles. The Kier molecular flexibility index (Phi) is 1.91. The third-order valence-electron chi connectivity index (χ3n) is 2.65. The van der Waals surface area contributed by atoms with E-state index in [1.54, 1.807) is 0 Å². The zero-order valence-corrected chi connectivity index (χ0v) is 7.71. The summed E-state index contributed by atoms with van der Waals surface area (Å²) >= 11 is 0. The normalized spacial score (nSPS) is 27.8. The summed E-state index contributed by atoms with van der Waals surface area (Å²) in [5.41, 5.74) is 1.22. The van der Waals surface area contributed by atoms with E-state index in [9.17, 15) is 0 Å². The summed E-state index contributed by atoms with van der Waals surface area (Å²) in [4.78, 5) is 4.39. The van der Waals surface area contributed by atoms with E-state index < -0.39 is 0 Å². The molecule has 66 valence electrons. The van der Waals surface area contributed by atoms with Gasteiger partial charge in [0.1, 0.15) is 5.76 Å². The fraction of sp³-hybridized carbons (Fsp3) is 0.700. The molecule has 2 aliphatic heterocycles. The molecule has 0 bridgehead atoms. The predicted octanol–water partition coefficient (Wildman–Crippen LogP) is 2.37. The summed E-state index contributed by atoms with van der Waals surface area (Å²) in [6.45, 7) is 5.40. The minimum atomic E-state index is 0.632. The first-order valence-electron chi connectivity index (χ1n) is 4.67. The fourth-order valence-electron chi connectivity index (χ4n) is 1.93. The molecule has 0 N–H and O–H groups in total. The number of ether oxygens (including phenoxy) is 1. The highest BCUT2D eigenvalue weighted by atomic mass is 16.5. The van der Waals surface area contributed by atoms with Crippen molar-refractivity contribution >= 4 is 6.21 Å². The smallest absolute Gasteiger partial charge is 0.123 e. The Morgan fingerprint density at radius 2 is 2.42 bits per heavy atom. The van der Waals surface area contributed by atoms with Gasteiger partial charge in [-0.2, -0.15) is 0 Å². The van der Waals surface area contributed by atoms with E-state index in [1.165, 1.54) is 5.70 Å². The lowest BCUT2D eigenvalue weighted by atomic mass is 9.88. The Labute approximate surface area is 73.3 Å². The largest absolute Gasteiger partial charge is 0.496 e. The fourth-order valence-corrected chi connectivity index (χ4v) is 1.93. The summed E-state index contributed by atoms with van der Waals surface area (Å²) in [5, 5.41) is 0. The van der Waals surface area contributed by atoms with Crippen LogP contribution in [-0.2, 0) is 4.74 Å². The molecule has 0 amide bonds. The second-order valence-corrected chi connectivity index (χ2v) is 3.81. The van der Waals surface area contributed by atoms with Crippen molar-refractivity contribution in [3.8, 4) is 0 Å². The Morgan fingerprint density at radius 1 is 1.58 bits per heavy atom. The molecular weight excluding hydrogens is 150 g/mol. The van der Waals surface area contributed by atoms with Gasteiger partial charge in [-0.15, -0.1) is 0 Å². The third-order valence-corrected chi connectivity index (χ3v) is 2.65. The highest BCUT2D eigenvalue weighted by Gasteiger charge is 2.28. The van der Waals surface area contributed by atoms with Gasteiger partial charge in [0.05, 0.1) is 12.3 Å². The van der Waals surface area contributed by atoms with Crippen LogP contribution >= 0.6 is 0 Å². The van der Waals surface area contributed by atoms with Crippen LogP contribution in [0.5, 0.6) is 0 Å². The minimum Gasteiger partial charge on any atom is -0.496 e. The maximum atomic E-state index is 5.54. The molecule has 0 aliphatic carbocycles. The summed E-state index contributed by atoms with van der Waals surface area (Å²) < 4.78 is 5.54. The van der Waals surface area contributed by atoms with Crippen molar-refractivity contribution in [2.45, 2.75) is 26.7 Å². The molecular formula is C10H15NO. The monoisotopic (exact) mass is 165 g/mol. The van der Waals surface area contributed by atoms with Gasteiger partial charge in [-0.1, -0.05) is 13.8 Å². The van der Waals surface area contributed by atoms with E-state index in [2.05, 4.69) is 18.8 Å². The maximum Gasteiger partial charge on any atom is 0.123 e. The molecule has 0 saturated heterocycles. The Balaban J connectivity index is 2.24. The summed E-state index contributed by atoms with van der Waals surface area (Å²) in [7, 11) is 0. The van der Waals surface area contributed by atoms with Crippen LogP contribution in [0.1, 0.15) is 26.7 Å². The Hall–Kier alpha value is -0.790. The molecule has 12 heavy (non-hydrogen) atoms. The topological polar surface area (TPSA) is 21.6 Å². The summed E-state index contributed by atoms with van der Waals surface area (Å²) in [6.07, 6.45) is 4.01. The summed E-state index contributed by atoms with van der Waals surface area (Å²) in [6, 6.07) is 0. The quantitative estimate of drug-likeness (QED) is 0.584. The lowest BCUT2D eigenvalue weighted by Gasteiger charge is -2.26. The maximum absolute atomic E-state index is 5.54. The number of aliphatic imine (C=N–C) groups is 1. The van der Waals surface area contributed by atoms with Crippen molar-refractivity contribution in [2.75, 3.05) is 6.61 Å².